The van der Waals surface area contributed by atoms with Crippen molar-refractivity contribution in [1.82, 2.24) is 0 Å². The van der Waals surface area contributed by atoms with Crippen LogP contribution in [0.3, 0.4) is 0 Å². The van der Waals surface area contributed by atoms with Crippen LogP contribution in [0.15, 0.2) is 42.5 Å². The number of rotatable bonds is 4. The molecule has 1 atom stereocenters. The first-order valence-corrected chi connectivity index (χ1v) is 7.14. The number of hydrogen-bond donors (Lipinski definition) is 1. The van der Waals surface area contributed by atoms with E-state index in [0.717, 1.165) is 16.1 Å². The predicted octanol–water partition coefficient (Wildman–Crippen LogP) is 4.93. The van der Waals surface area contributed by atoms with Gasteiger partial charge in [0.15, 0.2) is 0 Å². The summed E-state index contributed by atoms with van der Waals surface area (Å²) >= 11 is 18.6. The first-order chi connectivity index (χ1) is 9.13. The highest BCUT2D eigenvalue weighted by Gasteiger charge is 2.16. The molecule has 4 heteroatoms. The molecule has 0 saturated carbocycles. The molecule has 2 N–H and O–H groups in total. The van der Waals surface area contributed by atoms with Crippen LogP contribution >= 0.6 is 34.8 Å². The fourth-order valence-electron chi connectivity index (χ4n) is 2.10. The molecule has 0 aliphatic carbocycles. The van der Waals surface area contributed by atoms with Crippen molar-refractivity contribution >= 4 is 34.8 Å². The normalized spacial score (nSPS) is 12.4. The van der Waals surface area contributed by atoms with Gasteiger partial charge >= 0.3 is 0 Å². The van der Waals surface area contributed by atoms with Crippen LogP contribution in [0.25, 0.3) is 0 Å². The van der Waals surface area contributed by atoms with Crippen LogP contribution in [0.5, 0.6) is 0 Å². The minimum Gasteiger partial charge on any atom is -0.330 e. The molecular weight excluding hydrogens is 301 g/mol. The molecule has 0 heterocycles. The molecule has 0 aliphatic heterocycles. The zero-order chi connectivity index (χ0) is 13.8. The van der Waals surface area contributed by atoms with Gasteiger partial charge in [-0.1, -0.05) is 59.1 Å². The van der Waals surface area contributed by atoms with E-state index in [1.54, 1.807) is 0 Å². The maximum Gasteiger partial charge on any atom is 0.0453 e. The molecule has 0 bridgehead atoms. The van der Waals surface area contributed by atoms with Crippen molar-refractivity contribution in [2.45, 2.75) is 12.3 Å². The monoisotopic (exact) mass is 313 g/mol. The SMILES string of the molecule is NCC(Cc1c(Cl)cccc1Cl)c1ccccc1Cl. The third-order valence-corrected chi connectivity index (χ3v) is 4.19. The van der Waals surface area contributed by atoms with Crippen LogP contribution in [0.4, 0.5) is 0 Å². The number of halogens is 3. The topological polar surface area (TPSA) is 26.0 Å². The van der Waals surface area contributed by atoms with Gasteiger partial charge in [-0.15, -0.1) is 0 Å². The quantitative estimate of drug-likeness (QED) is 0.850. The van der Waals surface area contributed by atoms with Gasteiger partial charge in [-0.3, -0.25) is 0 Å². The highest BCUT2D eigenvalue weighted by atomic mass is 35.5. The molecule has 0 spiro atoms. The predicted molar refractivity (Wildman–Crippen MR) is 83.4 cm³/mol. The van der Waals surface area contributed by atoms with Crippen LogP contribution < -0.4 is 5.73 Å². The van der Waals surface area contributed by atoms with E-state index in [2.05, 4.69) is 0 Å². The molecule has 2 aromatic carbocycles. The Balaban J connectivity index is 2.32. The Bertz CT molecular complexity index is 549. The smallest absolute Gasteiger partial charge is 0.0453 e. The lowest BCUT2D eigenvalue weighted by molar-refractivity contribution is 0.695. The zero-order valence-corrected chi connectivity index (χ0v) is 12.5. The molecule has 1 unspecified atom stereocenters. The molecular formula is C15H14Cl3N. The number of hydrogen-bond acceptors (Lipinski definition) is 1. The summed E-state index contributed by atoms with van der Waals surface area (Å²) in [6, 6.07) is 13.2. The van der Waals surface area contributed by atoms with Crippen LogP contribution in [0, 0.1) is 0 Å². The van der Waals surface area contributed by atoms with Gasteiger partial charge in [0.2, 0.25) is 0 Å². The van der Waals surface area contributed by atoms with Gasteiger partial charge in [0.25, 0.3) is 0 Å². The Morgan fingerprint density at radius 3 is 2.00 bits per heavy atom. The standard InChI is InChI=1S/C15H14Cl3N/c16-13-5-2-1-4-11(13)10(9-19)8-12-14(17)6-3-7-15(12)18/h1-7,10H,8-9,19H2. The highest BCUT2D eigenvalue weighted by molar-refractivity contribution is 6.36. The Morgan fingerprint density at radius 2 is 1.42 bits per heavy atom. The second-order valence-electron chi connectivity index (χ2n) is 4.36. The van der Waals surface area contributed by atoms with E-state index in [9.17, 15) is 0 Å². The van der Waals surface area contributed by atoms with Gasteiger partial charge in [0.05, 0.1) is 0 Å². The minimum atomic E-state index is 0.103. The van der Waals surface area contributed by atoms with Crippen molar-refractivity contribution in [1.29, 1.82) is 0 Å². The van der Waals surface area contributed by atoms with Crippen molar-refractivity contribution in [3.05, 3.63) is 68.7 Å². The van der Waals surface area contributed by atoms with Crippen molar-refractivity contribution in [2.24, 2.45) is 5.73 Å². The summed E-state index contributed by atoms with van der Waals surface area (Å²) in [5.74, 6) is 0.103. The summed E-state index contributed by atoms with van der Waals surface area (Å²) in [5.41, 5.74) is 7.82. The number of benzene rings is 2. The summed E-state index contributed by atoms with van der Waals surface area (Å²) < 4.78 is 0. The van der Waals surface area contributed by atoms with Crippen LogP contribution in [-0.2, 0) is 6.42 Å². The largest absolute Gasteiger partial charge is 0.330 e. The summed E-state index contributed by atoms with van der Waals surface area (Å²) in [6.45, 7) is 0.491. The average Bonchev–Trinajstić information content (AvgIpc) is 2.40. The Morgan fingerprint density at radius 1 is 0.842 bits per heavy atom. The van der Waals surface area contributed by atoms with E-state index in [1.165, 1.54) is 0 Å². The maximum atomic E-state index is 6.22. The van der Waals surface area contributed by atoms with Crippen molar-refractivity contribution in [3.63, 3.8) is 0 Å². The van der Waals surface area contributed by atoms with E-state index < -0.39 is 0 Å². The Labute approximate surface area is 128 Å². The maximum absolute atomic E-state index is 6.22. The summed E-state index contributed by atoms with van der Waals surface area (Å²) in [7, 11) is 0. The van der Waals surface area contributed by atoms with Gasteiger partial charge in [-0.05, 0) is 42.3 Å². The van der Waals surface area contributed by atoms with Crippen LogP contribution in [0.1, 0.15) is 17.0 Å². The van der Waals surface area contributed by atoms with E-state index in [1.807, 2.05) is 42.5 Å². The second-order valence-corrected chi connectivity index (χ2v) is 5.58. The molecule has 19 heavy (non-hydrogen) atoms. The molecule has 100 valence electrons. The van der Waals surface area contributed by atoms with Gasteiger partial charge < -0.3 is 5.73 Å². The molecule has 2 aromatic rings. The summed E-state index contributed by atoms with van der Waals surface area (Å²) in [6.07, 6.45) is 0.679. The fraction of sp³-hybridized carbons (Fsp3) is 0.200. The summed E-state index contributed by atoms with van der Waals surface area (Å²) in [5, 5.41) is 2.05. The van der Waals surface area contributed by atoms with Crippen molar-refractivity contribution in [2.75, 3.05) is 6.54 Å². The molecule has 0 aliphatic rings. The zero-order valence-electron chi connectivity index (χ0n) is 10.2. The molecule has 0 aromatic heterocycles. The average molecular weight is 315 g/mol. The van der Waals surface area contributed by atoms with E-state index in [4.69, 9.17) is 40.5 Å². The number of nitrogens with two attached hydrogens (primary N) is 1. The van der Waals surface area contributed by atoms with Gasteiger partial charge in [0, 0.05) is 21.0 Å². The van der Waals surface area contributed by atoms with Crippen molar-refractivity contribution in [3.8, 4) is 0 Å². The molecule has 2 rings (SSSR count). The Kier molecular flexibility index (Phi) is 5.12. The third kappa shape index (κ3) is 3.43. The lowest BCUT2D eigenvalue weighted by Crippen LogP contribution is -2.16. The minimum absolute atomic E-state index is 0.103. The second kappa shape index (κ2) is 6.62. The third-order valence-electron chi connectivity index (χ3n) is 3.14. The molecule has 0 amide bonds. The highest BCUT2D eigenvalue weighted by Crippen LogP contribution is 2.32. The van der Waals surface area contributed by atoms with Crippen LogP contribution in [-0.4, -0.2) is 6.54 Å². The van der Waals surface area contributed by atoms with Gasteiger partial charge in [-0.25, -0.2) is 0 Å². The van der Waals surface area contributed by atoms with Gasteiger partial charge in [-0.2, -0.15) is 0 Å². The van der Waals surface area contributed by atoms with E-state index >= 15 is 0 Å². The molecule has 0 saturated heterocycles. The van der Waals surface area contributed by atoms with E-state index in [-0.39, 0.29) is 5.92 Å². The van der Waals surface area contributed by atoms with Crippen LogP contribution in [0.2, 0.25) is 15.1 Å². The fourth-order valence-corrected chi connectivity index (χ4v) is 2.94. The van der Waals surface area contributed by atoms with Crippen molar-refractivity contribution < 1.29 is 0 Å². The van der Waals surface area contributed by atoms with Gasteiger partial charge in [0.1, 0.15) is 0 Å². The molecule has 0 fully saturated rings. The summed E-state index contributed by atoms with van der Waals surface area (Å²) in [4.78, 5) is 0. The first kappa shape index (κ1) is 14.7. The molecule has 1 nitrogen and oxygen atoms in total. The lowest BCUT2D eigenvalue weighted by atomic mass is 9.92. The molecule has 0 radical (unpaired) electrons. The van der Waals surface area contributed by atoms with E-state index in [0.29, 0.717) is 23.0 Å². The Hall–Kier alpha value is -0.730. The first-order valence-electron chi connectivity index (χ1n) is 6.01. The lowest BCUT2D eigenvalue weighted by Gasteiger charge is -2.18.